The minimum atomic E-state index is -2.88. The molecule has 2 aromatic carbocycles. The fourth-order valence-corrected chi connectivity index (χ4v) is 3.66. The summed E-state index contributed by atoms with van der Waals surface area (Å²) in [5.41, 5.74) is 0.250. The molecule has 2 rings (SSSR count). The maximum absolute atomic E-state index is 12.9. The highest BCUT2D eigenvalue weighted by Crippen LogP contribution is 2.38. The number of rotatable bonds is 4. The SMILES string of the molecule is CP(=O)(c1ccc(C(=O)O)cc1)c1ccc(C(=O)O)cc1. The van der Waals surface area contributed by atoms with Gasteiger partial charge in [-0.15, -0.1) is 0 Å². The largest absolute Gasteiger partial charge is 0.478 e. The predicted octanol–water partition coefficient (Wildman–Crippen LogP) is 2.03. The average molecular weight is 304 g/mol. The van der Waals surface area contributed by atoms with E-state index >= 15 is 0 Å². The quantitative estimate of drug-likeness (QED) is 0.843. The highest BCUT2D eigenvalue weighted by molar-refractivity contribution is 7.78. The molecular weight excluding hydrogens is 291 g/mol. The molecule has 0 atom stereocenters. The minimum absolute atomic E-state index is 0.125. The van der Waals surface area contributed by atoms with Gasteiger partial charge in [0.2, 0.25) is 0 Å². The molecule has 5 nitrogen and oxygen atoms in total. The zero-order valence-electron chi connectivity index (χ0n) is 11.2. The summed E-state index contributed by atoms with van der Waals surface area (Å²) in [5.74, 6) is -2.09. The summed E-state index contributed by atoms with van der Waals surface area (Å²) in [5, 5.41) is 18.8. The number of carboxylic acids is 2. The van der Waals surface area contributed by atoms with Gasteiger partial charge in [0, 0.05) is 10.6 Å². The van der Waals surface area contributed by atoms with E-state index in [1.165, 1.54) is 48.5 Å². The summed E-state index contributed by atoms with van der Waals surface area (Å²) < 4.78 is 12.9. The van der Waals surface area contributed by atoms with Crippen molar-refractivity contribution < 1.29 is 24.4 Å². The van der Waals surface area contributed by atoms with Gasteiger partial charge in [0.15, 0.2) is 0 Å². The normalized spacial score (nSPS) is 11.1. The van der Waals surface area contributed by atoms with Crippen LogP contribution in [0.5, 0.6) is 0 Å². The van der Waals surface area contributed by atoms with Crippen molar-refractivity contribution in [2.75, 3.05) is 6.66 Å². The number of aromatic carboxylic acids is 2. The van der Waals surface area contributed by atoms with Crippen molar-refractivity contribution in [3.8, 4) is 0 Å². The molecule has 0 radical (unpaired) electrons. The molecule has 0 bridgehead atoms. The molecule has 0 unspecified atom stereocenters. The summed E-state index contributed by atoms with van der Waals surface area (Å²) in [7, 11) is -2.88. The maximum Gasteiger partial charge on any atom is 0.335 e. The molecule has 2 aromatic rings. The molecule has 0 aliphatic carbocycles. The lowest BCUT2D eigenvalue weighted by atomic mass is 10.2. The predicted molar refractivity (Wildman–Crippen MR) is 79.6 cm³/mol. The van der Waals surface area contributed by atoms with Crippen molar-refractivity contribution in [3.05, 3.63) is 59.7 Å². The zero-order chi connectivity index (χ0) is 15.6. The van der Waals surface area contributed by atoms with E-state index in [1.807, 2.05) is 0 Å². The van der Waals surface area contributed by atoms with Crippen molar-refractivity contribution in [1.82, 2.24) is 0 Å². The first-order chi connectivity index (χ1) is 9.82. The van der Waals surface area contributed by atoms with Crippen molar-refractivity contribution in [2.45, 2.75) is 0 Å². The number of carboxylic acid groups (broad SMARTS) is 2. The third-order valence-electron chi connectivity index (χ3n) is 3.21. The Morgan fingerprint density at radius 1 is 0.762 bits per heavy atom. The van der Waals surface area contributed by atoms with E-state index < -0.39 is 19.1 Å². The minimum Gasteiger partial charge on any atom is -0.478 e. The summed E-state index contributed by atoms with van der Waals surface area (Å²) in [6.07, 6.45) is 0. The molecule has 0 heterocycles. The Kier molecular flexibility index (Phi) is 3.96. The Hall–Kier alpha value is -2.39. The fourth-order valence-electron chi connectivity index (χ4n) is 1.93. The third kappa shape index (κ3) is 3.03. The Labute approximate surface area is 121 Å². The van der Waals surface area contributed by atoms with E-state index in [-0.39, 0.29) is 11.1 Å². The van der Waals surface area contributed by atoms with Crippen molar-refractivity contribution >= 4 is 29.7 Å². The van der Waals surface area contributed by atoms with Crippen LogP contribution in [-0.2, 0) is 4.57 Å². The Balaban J connectivity index is 2.38. The molecule has 0 saturated carbocycles. The number of carbonyl (C=O) groups is 2. The molecule has 0 aliphatic rings. The van der Waals surface area contributed by atoms with Crippen molar-refractivity contribution in [2.24, 2.45) is 0 Å². The molecule has 6 heteroatoms. The van der Waals surface area contributed by atoms with Gasteiger partial charge in [-0.1, -0.05) is 24.3 Å². The smallest absolute Gasteiger partial charge is 0.335 e. The molecule has 0 spiro atoms. The Morgan fingerprint density at radius 2 is 1.05 bits per heavy atom. The van der Waals surface area contributed by atoms with Gasteiger partial charge in [-0.3, -0.25) is 0 Å². The molecule has 0 aliphatic heterocycles. The number of hydrogen-bond acceptors (Lipinski definition) is 3. The van der Waals surface area contributed by atoms with Crippen LogP contribution in [0.15, 0.2) is 48.5 Å². The van der Waals surface area contributed by atoms with E-state index in [0.717, 1.165) is 0 Å². The maximum atomic E-state index is 12.9. The molecular formula is C15H13O5P. The lowest BCUT2D eigenvalue weighted by Crippen LogP contribution is -2.16. The van der Waals surface area contributed by atoms with E-state index in [2.05, 4.69) is 0 Å². The van der Waals surface area contributed by atoms with Gasteiger partial charge >= 0.3 is 11.9 Å². The zero-order valence-corrected chi connectivity index (χ0v) is 12.1. The van der Waals surface area contributed by atoms with Crippen LogP contribution in [0.1, 0.15) is 20.7 Å². The summed E-state index contributed by atoms with van der Waals surface area (Å²) in [4.78, 5) is 21.6. The van der Waals surface area contributed by atoms with Gasteiger partial charge in [-0.25, -0.2) is 9.59 Å². The highest BCUT2D eigenvalue weighted by Gasteiger charge is 2.21. The molecule has 21 heavy (non-hydrogen) atoms. The Bertz CT molecular complexity index is 670. The second-order valence-electron chi connectivity index (χ2n) is 4.63. The average Bonchev–Trinajstić information content (AvgIpc) is 2.47. The van der Waals surface area contributed by atoms with Crippen LogP contribution in [0.3, 0.4) is 0 Å². The van der Waals surface area contributed by atoms with Gasteiger partial charge in [-0.2, -0.15) is 0 Å². The van der Waals surface area contributed by atoms with Crippen molar-refractivity contribution in [1.29, 1.82) is 0 Å². The van der Waals surface area contributed by atoms with E-state index in [0.29, 0.717) is 10.6 Å². The van der Waals surface area contributed by atoms with Crippen LogP contribution in [0.4, 0.5) is 0 Å². The van der Waals surface area contributed by atoms with Crippen LogP contribution in [0.25, 0.3) is 0 Å². The van der Waals surface area contributed by atoms with Gasteiger partial charge in [-0.05, 0) is 30.9 Å². The fraction of sp³-hybridized carbons (Fsp3) is 0.0667. The summed E-state index contributed by atoms with van der Waals surface area (Å²) in [6.45, 7) is 1.57. The molecule has 0 aromatic heterocycles. The topological polar surface area (TPSA) is 91.7 Å². The van der Waals surface area contributed by atoms with Crippen LogP contribution in [0.2, 0.25) is 0 Å². The van der Waals surface area contributed by atoms with Gasteiger partial charge in [0.05, 0.1) is 11.1 Å². The molecule has 0 saturated heterocycles. The summed E-state index contributed by atoms with van der Waals surface area (Å²) in [6, 6.07) is 11.7. The van der Waals surface area contributed by atoms with Crippen LogP contribution in [0, 0.1) is 0 Å². The first-order valence-corrected chi connectivity index (χ1v) is 8.23. The van der Waals surface area contributed by atoms with Crippen LogP contribution >= 0.6 is 7.14 Å². The second-order valence-corrected chi connectivity index (χ2v) is 7.51. The van der Waals surface area contributed by atoms with Crippen LogP contribution < -0.4 is 10.6 Å². The first kappa shape index (κ1) is 15.0. The van der Waals surface area contributed by atoms with E-state index in [4.69, 9.17) is 10.2 Å². The Morgan fingerprint density at radius 3 is 1.29 bits per heavy atom. The molecule has 0 fully saturated rings. The lowest BCUT2D eigenvalue weighted by Gasteiger charge is -2.14. The number of hydrogen-bond donors (Lipinski definition) is 2. The van der Waals surface area contributed by atoms with E-state index in [9.17, 15) is 14.2 Å². The first-order valence-electron chi connectivity index (χ1n) is 6.08. The summed E-state index contributed by atoms with van der Waals surface area (Å²) >= 11 is 0. The van der Waals surface area contributed by atoms with Gasteiger partial charge < -0.3 is 14.8 Å². The highest BCUT2D eigenvalue weighted by atomic mass is 31.2. The monoisotopic (exact) mass is 304 g/mol. The molecule has 2 N–H and O–H groups in total. The van der Waals surface area contributed by atoms with Gasteiger partial charge in [0.25, 0.3) is 0 Å². The molecule has 108 valence electrons. The molecule has 0 amide bonds. The van der Waals surface area contributed by atoms with E-state index in [1.54, 1.807) is 6.66 Å². The standard InChI is InChI=1S/C15H13O5P/c1-21(20,12-6-2-10(3-7-12)14(16)17)13-8-4-11(5-9-13)15(18)19/h2-9H,1H3,(H,16,17)(H,18,19). The lowest BCUT2D eigenvalue weighted by molar-refractivity contribution is 0.0686. The third-order valence-corrected chi connectivity index (χ3v) is 5.78. The van der Waals surface area contributed by atoms with Crippen LogP contribution in [-0.4, -0.2) is 28.8 Å². The number of benzene rings is 2. The van der Waals surface area contributed by atoms with Crippen molar-refractivity contribution in [3.63, 3.8) is 0 Å². The second kappa shape index (κ2) is 5.54. The van der Waals surface area contributed by atoms with Gasteiger partial charge in [0.1, 0.15) is 7.14 Å².